The van der Waals surface area contributed by atoms with Crippen molar-refractivity contribution in [1.82, 2.24) is 9.62 Å². The standard InChI is InChI=1S/C20H31N3O4S/c1-15-13-18(22-16(2)24)3-4-20(15)28(25,26)21-14-17-5-9-23(10-6-17)19-7-11-27-12-8-19/h3-4,13,17,19,21H,5-12,14H2,1-2H3,(H,22,24). The summed E-state index contributed by atoms with van der Waals surface area (Å²) in [5, 5.41) is 2.67. The highest BCUT2D eigenvalue weighted by Crippen LogP contribution is 2.24. The molecule has 2 aliphatic heterocycles. The average molecular weight is 410 g/mol. The summed E-state index contributed by atoms with van der Waals surface area (Å²) in [5.41, 5.74) is 1.22. The topological polar surface area (TPSA) is 87.7 Å². The largest absolute Gasteiger partial charge is 0.381 e. The van der Waals surface area contributed by atoms with E-state index in [0.29, 0.717) is 29.8 Å². The van der Waals surface area contributed by atoms with Gasteiger partial charge in [-0.05, 0) is 75.4 Å². The highest BCUT2D eigenvalue weighted by Gasteiger charge is 2.27. The molecule has 0 saturated carbocycles. The molecule has 2 fully saturated rings. The van der Waals surface area contributed by atoms with Crippen molar-refractivity contribution in [1.29, 1.82) is 0 Å². The lowest BCUT2D eigenvalue weighted by Crippen LogP contribution is -2.45. The van der Waals surface area contributed by atoms with Crippen LogP contribution in [0.4, 0.5) is 5.69 Å². The van der Waals surface area contributed by atoms with Crippen LogP contribution in [0.3, 0.4) is 0 Å². The van der Waals surface area contributed by atoms with E-state index in [1.54, 1.807) is 25.1 Å². The maximum atomic E-state index is 12.7. The second-order valence-electron chi connectivity index (χ2n) is 7.84. The lowest BCUT2D eigenvalue weighted by Gasteiger charge is -2.39. The third-order valence-electron chi connectivity index (χ3n) is 5.70. The van der Waals surface area contributed by atoms with E-state index in [9.17, 15) is 13.2 Å². The summed E-state index contributed by atoms with van der Waals surface area (Å²) in [6, 6.07) is 5.48. The number of carbonyl (C=O) groups is 1. The number of likely N-dealkylation sites (tertiary alicyclic amines) is 1. The summed E-state index contributed by atoms with van der Waals surface area (Å²) in [6.07, 6.45) is 4.23. The smallest absolute Gasteiger partial charge is 0.240 e. The Morgan fingerprint density at radius 2 is 1.86 bits per heavy atom. The van der Waals surface area contributed by atoms with E-state index in [2.05, 4.69) is 14.9 Å². The molecular formula is C20H31N3O4S. The summed E-state index contributed by atoms with van der Waals surface area (Å²) in [7, 11) is -3.56. The van der Waals surface area contributed by atoms with E-state index in [4.69, 9.17) is 4.74 Å². The molecule has 8 heteroatoms. The monoisotopic (exact) mass is 409 g/mol. The molecule has 3 rings (SSSR count). The quantitative estimate of drug-likeness (QED) is 0.751. The number of hydrogen-bond donors (Lipinski definition) is 2. The van der Waals surface area contributed by atoms with Gasteiger partial charge < -0.3 is 15.0 Å². The second kappa shape index (κ2) is 9.35. The first kappa shape index (κ1) is 21.2. The van der Waals surface area contributed by atoms with Crippen molar-refractivity contribution >= 4 is 21.6 Å². The molecule has 0 bridgehead atoms. The summed E-state index contributed by atoms with van der Waals surface area (Å²) < 4.78 is 33.7. The molecule has 2 saturated heterocycles. The van der Waals surface area contributed by atoms with Gasteiger partial charge in [0.15, 0.2) is 0 Å². The van der Waals surface area contributed by atoms with E-state index >= 15 is 0 Å². The molecular weight excluding hydrogens is 378 g/mol. The molecule has 0 unspecified atom stereocenters. The number of rotatable bonds is 6. The minimum atomic E-state index is -3.56. The number of carbonyl (C=O) groups excluding carboxylic acids is 1. The number of anilines is 1. The van der Waals surface area contributed by atoms with Gasteiger partial charge in [-0.3, -0.25) is 4.79 Å². The Morgan fingerprint density at radius 1 is 1.18 bits per heavy atom. The Bertz CT molecular complexity index is 783. The lowest BCUT2D eigenvalue weighted by atomic mass is 9.94. The van der Waals surface area contributed by atoms with Gasteiger partial charge in [0.2, 0.25) is 15.9 Å². The highest BCUT2D eigenvalue weighted by atomic mass is 32.2. The zero-order valence-corrected chi connectivity index (χ0v) is 17.6. The third-order valence-corrected chi connectivity index (χ3v) is 7.29. The minimum Gasteiger partial charge on any atom is -0.381 e. The number of ether oxygens (including phenoxy) is 1. The number of benzene rings is 1. The number of piperidine rings is 1. The van der Waals surface area contributed by atoms with Gasteiger partial charge in [-0.2, -0.15) is 0 Å². The van der Waals surface area contributed by atoms with Crippen molar-refractivity contribution in [3.8, 4) is 0 Å². The Kier molecular flexibility index (Phi) is 7.09. The molecule has 0 aliphatic carbocycles. The summed E-state index contributed by atoms with van der Waals surface area (Å²) >= 11 is 0. The molecule has 1 aromatic rings. The van der Waals surface area contributed by atoms with Gasteiger partial charge in [-0.25, -0.2) is 13.1 Å². The Morgan fingerprint density at radius 3 is 2.46 bits per heavy atom. The minimum absolute atomic E-state index is 0.180. The zero-order chi connectivity index (χ0) is 20.1. The molecule has 0 aromatic heterocycles. The van der Waals surface area contributed by atoms with E-state index in [-0.39, 0.29) is 10.8 Å². The Labute approximate surface area is 167 Å². The number of nitrogens with zero attached hydrogens (tertiary/aromatic N) is 1. The number of aryl methyl sites for hydroxylation is 1. The van der Waals surface area contributed by atoms with Crippen LogP contribution < -0.4 is 10.0 Å². The van der Waals surface area contributed by atoms with Crippen molar-refractivity contribution in [2.24, 2.45) is 5.92 Å². The molecule has 2 N–H and O–H groups in total. The van der Waals surface area contributed by atoms with Crippen LogP contribution in [0.15, 0.2) is 23.1 Å². The van der Waals surface area contributed by atoms with Crippen LogP contribution in [0.25, 0.3) is 0 Å². The lowest BCUT2D eigenvalue weighted by molar-refractivity contribution is -0.114. The zero-order valence-electron chi connectivity index (χ0n) is 16.7. The molecule has 0 atom stereocenters. The van der Waals surface area contributed by atoms with Gasteiger partial charge in [-0.15, -0.1) is 0 Å². The molecule has 0 radical (unpaired) electrons. The van der Waals surface area contributed by atoms with E-state index in [1.165, 1.54) is 6.92 Å². The fourth-order valence-electron chi connectivity index (χ4n) is 4.11. The van der Waals surface area contributed by atoms with Crippen molar-refractivity contribution in [2.45, 2.75) is 50.5 Å². The molecule has 0 spiro atoms. The Balaban J connectivity index is 1.52. The molecule has 1 aromatic carbocycles. The van der Waals surface area contributed by atoms with Crippen LogP contribution in [0.5, 0.6) is 0 Å². The fraction of sp³-hybridized carbons (Fsp3) is 0.650. The maximum Gasteiger partial charge on any atom is 0.240 e. The Hall–Kier alpha value is -1.48. The average Bonchev–Trinajstić information content (AvgIpc) is 2.67. The SMILES string of the molecule is CC(=O)Nc1ccc(S(=O)(=O)NCC2CCN(C3CCOCC3)CC2)c(C)c1. The van der Waals surface area contributed by atoms with Crippen LogP contribution >= 0.6 is 0 Å². The fourth-order valence-corrected chi connectivity index (χ4v) is 5.45. The first-order valence-corrected chi connectivity index (χ1v) is 11.5. The molecule has 7 nitrogen and oxygen atoms in total. The molecule has 156 valence electrons. The first-order valence-electron chi connectivity index (χ1n) is 10.0. The number of amides is 1. The summed E-state index contributed by atoms with van der Waals surface area (Å²) in [5.74, 6) is 0.185. The van der Waals surface area contributed by atoms with Crippen molar-refractivity contribution in [2.75, 3.05) is 38.2 Å². The number of nitrogens with one attached hydrogen (secondary N) is 2. The predicted octanol–water partition coefficient (Wildman–Crippen LogP) is 2.12. The summed E-state index contributed by atoms with van der Waals surface area (Å²) in [4.78, 5) is 14.0. The molecule has 2 heterocycles. The van der Waals surface area contributed by atoms with Crippen LogP contribution in [-0.4, -0.2) is 58.1 Å². The van der Waals surface area contributed by atoms with Gasteiger partial charge in [0.25, 0.3) is 0 Å². The van der Waals surface area contributed by atoms with E-state index < -0.39 is 10.0 Å². The van der Waals surface area contributed by atoms with Crippen LogP contribution in [0.1, 0.15) is 38.2 Å². The first-order chi connectivity index (χ1) is 13.3. The van der Waals surface area contributed by atoms with Crippen LogP contribution in [0, 0.1) is 12.8 Å². The van der Waals surface area contributed by atoms with Gasteiger partial charge >= 0.3 is 0 Å². The van der Waals surface area contributed by atoms with Gasteiger partial charge in [-0.1, -0.05) is 0 Å². The van der Waals surface area contributed by atoms with Crippen molar-refractivity contribution in [3.63, 3.8) is 0 Å². The molecule has 2 aliphatic rings. The van der Waals surface area contributed by atoms with Crippen LogP contribution in [0.2, 0.25) is 0 Å². The van der Waals surface area contributed by atoms with Crippen LogP contribution in [-0.2, 0) is 19.6 Å². The van der Waals surface area contributed by atoms with E-state index in [1.807, 2.05) is 0 Å². The van der Waals surface area contributed by atoms with Crippen molar-refractivity contribution in [3.05, 3.63) is 23.8 Å². The van der Waals surface area contributed by atoms with Gasteiger partial charge in [0.05, 0.1) is 4.90 Å². The maximum absolute atomic E-state index is 12.7. The van der Waals surface area contributed by atoms with E-state index in [0.717, 1.165) is 52.0 Å². The number of sulfonamides is 1. The molecule has 1 amide bonds. The van der Waals surface area contributed by atoms with Crippen molar-refractivity contribution < 1.29 is 17.9 Å². The van der Waals surface area contributed by atoms with Gasteiger partial charge in [0, 0.05) is 38.4 Å². The second-order valence-corrected chi connectivity index (χ2v) is 9.57. The predicted molar refractivity (Wildman–Crippen MR) is 109 cm³/mol. The summed E-state index contributed by atoms with van der Waals surface area (Å²) in [6.45, 7) is 7.40. The third kappa shape index (κ3) is 5.53. The highest BCUT2D eigenvalue weighted by molar-refractivity contribution is 7.89. The molecule has 28 heavy (non-hydrogen) atoms. The number of hydrogen-bond acceptors (Lipinski definition) is 5. The normalized spacial score (nSPS) is 20.2. The van der Waals surface area contributed by atoms with Gasteiger partial charge in [0.1, 0.15) is 0 Å².